The van der Waals surface area contributed by atoms with Crippen LogP contribution in [0.25, 0.3) is 0 Å². The summed E-state index contributed by atoms with van der Waals surface area (Å²) in [4.78, 5) is 24.0. The van der Waals surface area contributed by atoms with Crippen molar-refractivity contribution in [3.8, 4) is 0 Å². The van der Waals surface area contributed by atoms with Crippen molar-refractivity contribution in [2.75, 3.05) is 13.6 Å². The van der Waals surface area contributed by atoms with E-state index in [0.717, 1.165) is 12.8 Å². The molecule has 1 aliphatic carbocycles. The lowest BCUT2D eigenvalue weighted by molar-refractivity contribution is -0.139. The number of carbonyl (C=O) groups excluding carboxylic acids is 1. The minimum atomic E-state index is -1.04. The van der Waals surface area contributed by atoms with Gasteiger partial charge in [0.15, 0.2) is 0 Å². The molecule has 0 spiro atoms. The molecule has 1 fully saturated rings. The molecule has 6 nitrogen and oxygen atoms in total. The molecule has 104 valence electrons. The van der Waals surface area contributed by atoms with Gasteiger partial charge in [0.1, 0.15) is 6.04 Å². The predicted octanol–water partition coefficient (Wildman–Crippen LogP) is 0.796. The Hall–Kier alpha value is -1.30. The number of carboxylic acid groups (broad SMARTS) is 1. The number of amides is 2. The van der Waals surface area contributed by atoms with Crippen LogP contribution in [-0.4, -0.2) is 52.3 Å². The molecule has 0 aromatic carbocycles. The zero-order valence-electron chi connectivity index (χ0n) is 11.0. The minimum absolute atomic E-state index is 0.245. The normalized spacial score (nSPS) is 19.3. The summed E-state index contributed by atoms with van der Waals surface area (Å²) >= 11 is 0. The topological polar surface area (TPSA) is 89.9 Å². The Bertz CT molecular complexity index is 313. The molecule has 2 amide bonds. The Morgan fingerprint density at radius 1 is 1.39 bits per heavy atom. The number of likely N-dealkylation sites (N-methyl/N-ethyl adjacent to an activating group) is 1. The number of hydrogen-bond acceptors (Lipinski definition) is 3. The summed E-state index contributed by atoms with van der Waals surface area (Å²) in [5.74, 6) is -1.04. The number of aliphatic hydroxyl groups is 1. The summed E-state index contributed by atoms with van der Waals surface area (Å²) in [7, 11) is 1.57. The van der Waals surface area contributed by atoms with E-state index in [4.69, 9.17) is 5.11 Å². The van der Waals surface area contributed by atoms with Gasteiger partial charge >= 0.3 is 12.0 Å². The highest BCUT2D eigenvalue weighted by molar-refractivity contribution is 5.82. The SMILES string of the molecule is CC[C@@H](NC(=O)N(C)CC1(O)CCCC1)C(=O)O. The lowest BCUT2D eigenvalue weighted by atomic mass is 10.0. The van der Waals surface area contributed by atoms with E-state index in [2.05, 4.69) is 5.32 Å². The second-order valence-corrected chi connectivity index (χ2v) is 5.04. The van der Waals surface area contributed by atoms with E-state index in [1.807, 2.05) is 0 Å². The zero-order valence-corrected chi connectivity index (χ0v) is 11.0. The van der Waals surface area contributed by atoms with Crippen molar-refractivity contribution in [2.24, 2.45) is 0 Å². The van der Waals surface area contributed by atoms with E-state index in [1.54, 1.807) is 14.0 Å². The summed E-state index contributed by atoms with van der Waals surface area (Å²) in [6, 6.07) is -1.33. The van der Waals surface area contributed by atoms with Crippen molar-refractivity contribution >= 4 is 12.0 Å². The van der Waals surface area contributed by atoms with Crippen molar-refractivity contribution in [1.82, 2.24) is 10.2 Å². The molecule has 0 unspecified atom stereocenters. The molecule has 0 saturated heterocycles. The predicted molar refractivity (Wildman–Crippen MR) is 66.3 cm³/mol. The number of hydrogen-bond donors (Lipinski definition) is 3. The summed E-state index contributed by atoms with van der Waals surface area (Å²) in [6.45, 7) is 1.94. The Balaban J connectivity index is 2.48. The maximum atomic E-state index is 11.8. The van der Waals surface area contributed by atoms with Crippen molar-refractivity contribution in [2.45, 2.75) is 50.7 Å². The Kier molecular flexibility index (Phi) is 4.95. The van der Waals surface area contributed by atoms with Gasteiger partial charge in [-0.05, 0) is 19.3 Å². The number of carbonyl (C=O) groups is 2. The molecule has 0 heterocycles. The summed E-state index contributed by atoms with van der Waals surface area (Å²) < 4.78 is 0. The van der Waals surface area contributed by atoms with E-state index < -0.39 is 23.6 Å². The van der Waals surface area contributed by atoms with Gasteiger partial charge < -0.3 is 20.4 Å². The van der Waals surface area contributed by atoms with Gasteiger partial charge in [0.2, 0.25) is 0 Å². The highest BCUT2D eigenvalue weighted by Gasteiger charge is 2.33. The lowest BCUT2D eigenvalue weighted by Gasteiger charge is -2.29. The number of nitrogens with one attached hydrogen (secondary N) is 1. The van der Waals surface area contributed by atoms with Gasteiger partial charge in [-0.3, -0.25) is 0 Å². The molecule has 18 heavy (non-hydrogen) atoms. The van der Waals surface area contributed by atoms with Crippen LogP contribution in [0.2, 0.25) is 0 Å². The van der Waals surface area contributed by atoms with Crippen molar-refractivity contribution in [3.63, 3.8) is 0 Å². The highest BCUT2D eigenvalue weighted by atomic mass is 16.4. The highest BCUT2D eigenvalue weighted by Crippen LogP contribution is 2.29. The van der Waals surface area contributed by atoms with Crippen molar-refractivity contribution < 1.29 is 19.8 Å². The molecule has 3 N–H and O–H groups in total. The molecular weight excluding hydrogens is 236 g/mol. The Labute approximate surface area is 107 Å². The number of aliphatic carboxylic acids is 1. The van der Waals surface area contributed by atoms with Gasteiger partial charge in [-0.1, -0.05) is 19.8 Å². The fourth-order valence-electron chi connectivity index (χ4n) is 2.30. The fraction of sp³-hybridized carbons (Fsp3) is 0.833. The zero-order chi connectivity index (χ0) is 13.8. The summed E-state index contributed by atoms with van der Waals surface area (Å²) in [5, 5.41) is 21.5. The number of nitrogens with zero attached hydrogens (tertiary/aromatic N) is 1. The second kappa shape index (κ2) is 6.04. The first-order valence-electron chi connectivity index (χ1n) is 6.35. The van der Waals surface area contributed by atoms with E-state index in [1.165, 1.54) is 4.90 Å². The molecule has 0 aliphatic heterocycles. The average molecular weight is 258 g/mol. The summed E-state index contributed by atoms with van der Waals surface area (Å²) in [5.41, 5.74) is -0.809. The quantitative estimate of drug-likeness (QED) is 0.680. The Morgan fingerprint density at radius 2 is 1.94 bits per heavy atom. The minimum Gasteiger partial charge on any atom is -0.480 e. The first kappa shape index (κ1) is 14.8. The molecule has 6 heteroatoms. The molecule has 0 aromatic rings. The first-order chi connectivity index (χ1) is 8.38. The standard InChI is InChI=1S/C12H22N2O4/c1-3-9(10(15)16)13-11(17)14(2)8-12(18)6-4-5-7-12/h9,18H,3-8H2,1-2H3,(H,13,17)(H,15,16)/t9-/m1/s1. The van der Waals surface area contributed by atoms with Gasteiger partial charge in [0.25, 0.3) is 0 Å². The molecule has 1 rings (SSSR count). The van der Waals surface area contributed by atoms with Crippen LogP contribution in [0.3, 0.4) is 0 Å². The van der Waals surface area contributed by atoms with E-state index in [-0.39, 0.29) is 6.54 Å². The maximum absolute atomic E-state index is 11.8. The first-order valence-corrected chi connectivity index (χ1v) is 6.35. The number of rotatable bonds is 5. The van der Waals surface area contributed by atoms with Crippen molar-refractivity contribution in [3.05, 3.63) is 0 Å². The molecule has 0 aromatic heterocycles. The summed E-state index contributed by atoms with van der Waals surface area (Å²) in [6.07, 6.45) is 3.66. The number of carboxylic acids is 1. The lowest BCUT2D eigenvalue weighted by Crippen LogP contribution is -2.50. The van der Waals surface area contributed by atoms with Crippen LogP contribution in [0.1, 0.15) is 39.0 Å². The van der Waals surface area contributed by atoms with Crippen LogP contribution >= 0.6 is 0 Å². The molecule has 0 radical (unpaired) electrons. The van der Waals surface area contributed by atoms with Gasteiger partial charge in [-0.2, -0.15) is 0 Å². The van der Waals surface area contributed by atoms with Crippen LogP contribution in [0.5, 0.6) is 0 Å². The van der Waals surface area contributed by atoms with Gasteiger partial charge in [0.05, 0.1) is 12.1 Å². The van der Waals surface area contributed by atoms with Crippen LogP contribution in [0.4, 0.5) is 4.79 Å². The third-order valence-electron chi connectivity index (χ3n) is 3.42. The Morgan fingerprint density at radius 3 is 2.39 bits per heavy atom. The largest absolute Gasteiger partial charge is 0.480 e. The molecule has 1 aliphatic rings. The van der Waals surface area contributed by atoms with E-state index in [0.29, 0.717) is 19.3 Å². The van der Waals surface area contributed by atoms with Crippen LogP contribution in [0, 0.1) is 0 Å². The second-order valence-electron chi connectivity index (χ2n) is 5.04. The van der Waals surface area contributed by atoms with Crippen LogP contribution in [0.15, 0.2) is 0 Å². The van der Waals surface area contributed by atoms with E-state index in [9.17, 15) is 14.7 Å². The van der Waals surface area contributed by atoms with Gasteiger partial charge in [-0.15, -0.1) is 0 Å². The smallest absolute Gasteiger partial charge is 0.326 e. The molecular formula is C12H22N2O4. The van der Waals surface area contributed by atoms with E-state index >= 15 is 0 Å². The third kappa shape index (κ3) is 3.87. The molecule has 0 bridgehead atoms. The van der Waals surface area contributed by atoms with Crippen molar-refractivity contribution in [1.29, 1.82) is 0 Å². The molecule has 1 atom stereocenters. The fourth-order valence-corrected chi connectivity index (χ4v) is 2.30. The molecule has 1 saturated carbocycles. The maximum Gasteiger partial charge on any atom is 0.326 e. The van der Waals surface area contributed by atoms with Crippen LogP contribution < -0.4 is 5.32 Å². The average Bonchev–Trinajstić information content (AvgIpc) is 2.71. The number of urea groups is 1. The van der Waals surface area contributed by atoms with Gasteiger partial charge in [0, 0.05) is 7.05 Å². The van der Waals surface area contributed by atoms with Gasteiger partial charge in [-0.25, -0.2) is 9.59 Å². The monoisotopic (exact) mass is 258 g/mol. The third-order valence-corrected chi connectivity index (χ3v) is 3.42. The van der Waals surface area contributed by atoms with Crippen LogP contribution in [-0.2, 0) is 4.79 Å².